The van der Waals surface area contributed by atoms with Gasteiger partial charge < -0.3 is 14.6 Å². The first-order valence-electron chi connectivity index (χ1n) is 6.09. The molecule has 0 aliphatic rings. The smallest absolute Gasteiger partial charge is 0.261 e. The summed E-state index contributed by atoms with van der Waals surface area (Å²) in [5, 5.41) is 11.0. The van der Waals surface area contributed by atoms with E-state index in [1.165, 1.54) is 0 Å². The topological polar surface area (TPSA) is 69.0 Å². The number of halogens is 1. The molecular weight excluding hydrogens is 280 g/mol. The summed E-state index contributed by atoms with van der Waals surface area (Å²) in [5.74, 6) is 1.05. The van der Waals surface area contributed by atoms with E-state index in [9.17, 15) is 4.79 Å². The first-order chi connectivity index (χ1) is 9.56. The van der Waals surface area contributed by atoms with Crippen molar-refractivity contribution in [2.45, 2.75) is 19.6 Å². The molecule has 1 amide bonds. The van der Waals surface area contributed by atoms with Gasteiger partial charge in [0.05, 0.1) is 6.54 Å². The van der Waals surface area contributed by atoms with Gasteiger partial charge in [-0.1, -0.05) is 11.6 Å². The van der Waals surface area contributed by atoms with Crippen LogP contribution in [0.5, 0.6) is 5.75 Å². The molecule has 0 radical (unpaired) electrons. The molecule has 0 spiro atoms. The third-order valence-corrected chi connectivity index (χ3v) is 2.97. The summed E-state index contributed by atoms with van der Waals surface area (Å²) in [7, 11) is 1.81. The number of nitrogens with one attached hydrogen (secondary N) is 1. The summed E-state index contributed by atoms with van der Waals surface area (Å²) in [5.41, 5.74) is 0. The Labute approximate surface area is 121 Å². The average Bonchev–Trinajstić information content (AvgIpc) is 2.84. The zero-order chi connectivity index (χ0) is 14.5. The molecule has 0 bridgehead atoms. The SMILES string of the molecule is C[C@@H](Oc1ccc(Cl)cc1)C(=O)NCc1nncn1C. The number of carbonyl (C=O) groups is 1. The Morgan fingerprint density at radius 2 is 2.15 bits per heavy atom. The van der Waals surface area contributed by atoms with Crippen LogP contribution in [0.3, 0.4) is 0 Å². The van der Waals surface area contributed by atoms with Crippen molar-refractivity contribution >= 4 is 17.5 Å². The van der Waals surface area contributed by atoms with Gasteiger partial charge in [-0.25, -0.2) is 0 Å². The van der Waals surface area contributed by atoms with Crippen LogP contribution < -0.4 is 10.1 Å². The number of benzene rings is 1. The van der Waals surface area contributed by atoms with Crippen LogP contribution in [0, 0.1) is 0 Å². The third kappa shape index (κ3) is 3.71. The highest BCUT2D eigenvalue weighted by atomic mass is 35.5. The predicted octanol–water partition coefficient (Wildman–Crippen LogP) is 1.55. The van der Waals surface area contributed by atoms with Gasteiger partial charge in [0, 0.05) is 12.1 Å². The molecule has 1 aromatic heterocycles. The molecule has 1 atom stereocenters. The third-order valence-electron chi connectivity index (χ3n) is 2.72. The fraction of sp³-hybridized carbons (Fsp3) is 0.308. The number of hydrogen-bond donors (Lipinski definition) is 1. The number of rotatable bonds is 5. The second-order valence-electron chi connectivity index (χ2n) is 4.29. The summed E-state index contributed by atoms with van der Waals surface area (Å²) in [6.45, 7) is 1.99. The second kappa shape index (κ2) is 6.38. The summed E-state index contributed by atoms with van der Waals surface area (Å²) in [6, 6.07) is 6.85. The van der Waals surface area contributed by atoms with E-state index in [4.69, 9.17) is 16.3 Å². The molecular formula is C13H15ClN4O2. The normalized spacial score (nSPS) is 11.9. The maximum atomic E-state index is 11.9. The van der Waals surface area contributed by atoms with Crippen molar-refractivity contribution in [2.75, 3.05) is 0 Å². The van der Waals surface area contributed by atoms with Gasteiger partial charge in [-0.3, -0.25) is 4.79 Å². The molecule has 106 valence electrons. The molecule has 0 saturated heterocycles. The van der Waals surface area contributed by atoms with Crippen LogP contribution in [0.15, 0.2) is 30.6 Å². The molecule has 20 heavy (non-hydrogen) atoms. The van der Waals surface area contributed by atoms with Crippen molar-refractivity contribution in [2.24, 2.45) is 7.05 Å². The molecule has 6 nitrogen and oxygen atoms in total. The van der Waals surface area contributed by atoms with Gasteiger partial charge in [0.2, 0.25) is 0 Å². The molecule has 0 saturated carbocycles. The molecule has 0 aliphatic heterocycles. The van der Waals surface area contributed by atoms with E-state index in [0.29, 0.717) is 23.1 Å². The van der Waals surface area contributed by atoms with Gasteiger partial charge in [-0.2, -0.15) is 0 Å². The van der Waals surface area contributed by atoms with Crippen LogP contribution in [0.25, 0.3) is 0 Å². The van der Waals surface area contributed by atoms with Crippen molar-refractivity contribution in [1.29, 1.82) is 0 Å². The Kier molecular flexibility index (Phi) is 4.57. The van der Waals surface area contributed by atoms with E-state index in [-0.39, 0.29) is 5.91 Å². The number of amides is 1. The number of carbonyl (C=O) groups excluding carboxylic acids is 1. The van der Waals surface area contributed by atoms with Crippen LogP contribution >= 0.6 is 11.6 Å². The Morgan fingerprint density at radius 1 is 1.45 bits per heavy atom. The largest absolute Gasteiger partial charge is 0.481 e. The van der Waals surface area contributed by atoms with E-state index in [0.717, 1.165) is 0 Å². The molecule has 0 unspecified atom stereocenters. The lowest BCUT2D eigenvalue weighted by Crippen LogP contribution is -2.36. The van der Waals surface area contributed by atoms with Gasteiger partial charge in [0.25, 0.3) is 5.91 Å². The first-order valence-corrected chi connectivity index (χ1v) is 6.47. The first kappa shape index (κ1) is 14.3. The highest BCUT2D eigenvalue weighted by molar-refractivity contribution is 6.30. The van der Waals surface area contributed by atoms with Crippen LogP contribution in [0.4, 0.5) is 0 Å². The standard InChI is InChI=1S/C13H15ClN4O2/c1-9(20-11-5-3-10(14)4-6-11)13(19)15-7-12-17-16-8-18(12)2/h3-6,8-9H,7H2,1-2H3,(H,15,19)/t9-/m1/s1. The Balaban J connectivity index is 1.86. The van der Waals surface area contributed by atoms with E-state index >= 15 is 0 Å². The Morgan fingerprint density at radius 3 is 2.75 bits per heavy atom. The summed E-state index contributed by atoms with van der Waals surface area (Å²) >= 11 is 5.78. The van der Waals surface area contributed by atoms with E-state index in [1.807, 2.05) is 7.05 Å². The second-order valence-corrected chi connectivity index (χ2v) is 4.73. The number of nitrogens with zero attached hydrogens (tertiary/aromatic N) is 3. The van der Waals surface area contributed by atoms with Crippen LogP contribution in [0.2, 0.25) is 5.02 Å². The quantitative estimate of drug-likeness (QED) is 0.908. The molecule has 1 N–H and O–H groups in total. The molecule has 7 heteroatoms. The van der Waals surface area contributed by atoms with Gasteiger partial charge >= 0.3 is 0 Å². The number of aromatic nitrogens is 3. The minimum absolute atomic E-state index is 0.219. The number of ether oxygens (including phenoxy) is 1. The summed E-state index contributed by atoms with van der Waals surface area (Å²) in [6.07, 6.45) is 0.971. The summed E-state index contributed by atoms with van der Waals surface area (Å²) in [4.78, 5) is 11.9. The minimum Gasteiger partial charge on any atom is -0.481 e. The molecule has 0 fully saturated rings. The van der Waals surface area contributed by atoms with E-state index in [2.05, 4.69) is 15.5 Å². The lowest BCUT2D eigenvalue weighted by Gasteiger charge is -2.14. The van der Waals surface area contributed by atoms with Crippen LogP contribution in [-0.2, 0) is 18.4 Å². The minimum atomic E-state index is -0.607. The predicted molar refractivity (Wildman–Crippen MR) is 74.4 cm³/mol. The fourth-order valence-electron chi connectivity index (χ4n) is 1.55. The van der Waals surface area contributed by atoms with Crippen molar-refractivity contribution in [3.8, 4) is 5.75 Å². The highest BCUT2D eigenvalue weighted by Gasteiger charge is 2.15. The molecule has 1 heterocycles. The number of hydrogen-bond acceptors (Lipinski definition) is 4. The zero-order valence-electron chi connectivity index (χ0n) is 11.2. The van der Waals surface area contributed by atoms with Crippen LogP contribution in [0.1, 0.15) is 12.7 Å². The van der Waals surface area contributed by atoms with Crippen molar-refractivity contribution in [1.82, 2.24) is 20.1 Å². The lowest BCUT2D eigenvalue weighted by atomic mass is 10.3. The number of aryl methyl sites for hydroxylation is 1. The zero-order valence-corrected chi connectivity index (χ0v) is 12.0. The molecule has 1 aromatic carbocycles. The average molecular weight is 295 g/mol. The maximum absolute atomic E-state index is 11.9. The molecule has 2 rings (SSSR count). The van der Waals surface area contributed by atoms with E-state index < -0.39 is 6.10 Å². The highest BCUT2D eigenvalue weighted by Crippen LogP contribution is 2.16. The van der Waals surface area contributed by atoms with Crippen molar-refractivity contribution < 1.29 is 9.53 Å². The van der Waals surface area contributed by atoms with Crippen molar-refractivity contribution in [3.05, 3.63) is 41.4 Å². The molecule has 0 aliphatic carbocycles. The summed E-state index contributed by atoms with van der Waals surface area (Å²) < 4.78 is 7.26. The van der Waals surface area contributed by atoms with Gasteiger partial charge in [0.1, 0.15) is 12.1 Å². The molecule has 2 aromatic rings. The maximum Gasteiger partial charge on any atom is 0.261 e. The lowest BCUT2D eigenvalue weighted by molar-refractivity contribution is -0.127. The Hall–Kier alpha value is -2.08. The van der Waals surface area contributed by atoms with Crippen LogP contribution in [-0.4, -0.2) is 26.8 Å². The monoisotopic (exact) mass is 294 g/mol. The Bertz CT molecular complexity index is 582. The van der Waals surface area contributed by atoms with Gasteiger partial charge in [-0.05, 0) is 31.2 Å². The van der Waals surface area contributed by atoms with Crippen molar-refractivity contribution in [3.63, 3.8) is 0 Å². The van der Waals surface area contributed by atoms with Gasteiger partial charge in [0.15, 0.2) is 11.9 Å². The van der Waals surface area contributed by atoms with Gasteiger partial charge in [-0.15, -0.1) is 10.2 Å². The van der Waals surface area contributed by atoms with E-state index in [1.54, 1.807) is 42.1 Å². The fourth-order valence-corrected chi connectivity index (χ4v) is 1.67.